The normalized spacial score (nSPS) is 10.7. The second-order valence-corrected chi connectivity index (χ2v) is 11.5. The van der Waals surface area contributed by atoms with Crippen LogP contribution in [0.5, 0.6) is 11.5 Å². The topological polar surface area (TPSA) is 220 Å². The van der Waals surface area contributed by atoms with Crippen LogP contribution in [0.2, 0.25) is 10.0 Å². The van der Waals surface area contributed by atoms with Gasteiger partial charge in [-0.1, -0.05) is 47.5 Å². The Bertz CT molecular complexity index is 2580. The number of benzene rings is 4. The number of halogens is 4. The van der Waals surface area contributed by atoms with Gasteiger partial charge in [-0.3, -0.25) is 19.2 Å². The molecule has 0 aliphatic rings. The van der Waals surface area contributed by atoms with Gasteiger partial charge in [-0.25, -0.2) is 18.4 Å². The van der Waals surface area contributed by atoms with Crippen LogP contribution in [0.15, 0.2) is 92.0 Å². The number of aromatic carboxylic acids is 2. The van der Waals surface area contributed by atoms with E-state index >= 15 is 0 Å². The number of hydrogen-bond acceptors (Lipinski definition) is 12. The van der Waals surface area contributed by atoms with Crippen molar-refractivity contribution in [1.29, 1.82) is 0 Å². The van der Waals surface area contributed by atoms with Crippen LogP contribution in [0.25, 0.3) is 0 Å². The van der Waals surface area contributed by atoms with Gasteiger partial charge in [0.25, 0.3) is 21.7 Å². The molecule has 0 atom stereocenters. The maximum absolute atomic E-state index is 13.6. The first-order valence-electron chi connectivity index (χ1n) is 14.7. The molecule has 6 aromatic rings. The Labute approximate surface area is 304 Å². The maximum atomic E-state index is 13.6. The lowest BCUT2D eigenvalue weighted by Crippen LogP contribution is -2.36. The van der Waals surface area contributed by atoms with E-state index in [0.29, 0.717) is 0 Å². The molecule has 0 unspecified atom stereocenters. The van der Waals surface area contributed by atoms with Crippen molar-refractivity contribution in [2.45, 2.75) is 0 Å². The van der Waals surface area contributed by atoms with Gasteiger partial charge in [0.05, 0.1) is 39.9 Å². The van der Waals surface area contributed by atoms with Crippen LogP contribution in [0.4, 0.5) is 54.3 Å². The monoisotopic (exact) mass is 766 g/mol. The minimum atomic E-state index is -1.36. The molecule has 270 valence electrons. The minimum Gasteiger partial charge on any atom is -0.505 e. The van der Waals surface area contributed by atoms with Crippen molar-refractivity contribution in [2.24, 2.45) is 0 Å². The summed E-state index contributed by atoms with van der Waals surface area (Å²) < 4.78 is 32.2. The molecule has 0 amide bonds. The molecule has 0 aromatic heterocycles. The fraction of sp³-hybridized carbons (Fsp3) is 0.0286. The van der Waals surface area contributed by atoms with Crippen molar-refractivity contribution < 1.29 is 38.4 Å². The molecular formula is C35H22Cl2F2N4O10. The van der Waals surface area contributed by atoms with E-state index in [4.69, 9.17) is 33.0 Å². The molecule has 0 aliphatic heterocycles. The van der Waals surface area contributed by atoms with Crippen molar-refractivity contribution >= 4 is 80.6 Å². The van der Waals surface area contributed by atoms with Crippen LogP contribution in [0, 0.1) is 11.6 Å². The van der Waals surface area contributed by atoms with Gasteiger partial charge in [-0.15, -0.1) is 0 Å². The number of aromatic hydroxyl groups is 1. The number of methoxy groups -OCH3 is 1. The van der Waals surface area contributed by atoms with E-state index in [1.165, 1.54) is 67.8 Å². The molecule has 0 saturated carbocycles. The van der Waals surface area contributed by atoms with E-state index < -0.39 is 51.0 Å². The van der Waals surface area contributed by atoms with Gasteiger partial charge in [0, 0.05) is 0 Å². The molecule has 0 heterocycles. The van der Waals surface area contributed by atoms with Crippen LogP contribution < -0.4 is 47.7 Å². The molecule has 53 heavy (non-hydrogen) atoms. The summed E-state index contributed by atoms with van der Waals surface area (Å²) in [4.78, 5) is 69.9. The van der Waals surface area contributed by atoms with Gasteiger partial charge in [0.2, 0.25) is 0 Å². The largest absolute Gasteiger partial charge is 0.505 e. The summed E-state index contributed by atoms with van der Waals surface area (Å²) in [6.07, 6.45) is 0. The zero-order valence-corrected chi connectivity index (χ0v) is 28.2. The Morgan fingerprint density at radius 1 is 0.566 bits per heavy atom. The summed E-state index contributed by atoms with van der Waals surface area (Å²) in [5.74, 6) is -4.58. The van der Waals surface area contributed by atoms with Crippen molar-refractivity contribution in [3.8, 4) is 11.5 Å². The average molecular weight is 767 g/mol. The molecule has 6 aromatic carbocycles. The molecule has 7 N–H and O–H groups in total. The molecule has 0 bridgehead atoms. The molecule has 18 heteroatoms. The molecule has 0 fully saturated rings. The van der Waals surface area contributed by atoms with Crippen LogP contribution >= 0.6 is 23.2 Å². The summed E-state index contributed by atoms with van der Waals surface area (Å²) in [5.41, 5.74) is -4.18. The highest BCUT2D eigenvalue weighted by Gasteiger charge is 2.26. The molecule has 0 saturated heterocycles. The number of carboxylic acid groups (broad SMARTS) is 2. The van der Waals surface area contributed by atoms with E-state index in [9.17, 15) is 47.8 Å². The van der Waals surface area contributed by atoms with E-state index in [1.807, 2.05) is 0 Å². The standard InChI is InChI=1S/C18H12ClFN2O5.C17H10ClFN2O5/c1-27-17-8(18(25)26)4-2-7-11(17)22-14-13(15(23)16(14)24)21-10-6-3-5-9(20)12(10)19;18-11-8(19)4-2-5-9(11)20-12-13(16(24)15(12)23)21-10-6-1-3-7(14(10)22)17(25)26/h2-7,21-22H,1H3,(H,25,26);1-6,20-22H,(H,25,26). The SMILES string of the molecule is COc1c(Nc2c(Nc3cccc(F)c3Cl)c(=O)c2=O)cccc1C(=O)O.O=C(O)c1cccc(Nc2c(Nc3cccc(F)c3Cl)c(=O)c2=O)c1O. The predicted octanol–water partition coefficient (Wildman–Crippen LogP) is 6.24. The average Bonchev–Trinajstić information content (AvgIpc) is 3.14. The Hall–Kier alpha value is -6.78. The third-order valence-electron chi connectivity index (χ3n) is 7.48. The van der Waals surface area contributed by atoms with Gasteiger partial charge in [-0.2, -0.15) is 0 Å². The molecule has 0 aliphatic carbocycles. The van der Waals surface area contributed by atoms with Crippen LogP contribution in [-0.4, -0.2) is 34.4 Å². The third-order valence-corrected chi connectivity index (χ3v) is 8.25. The van der Waals surface area contributed by atoms with Crippen molar-refractivity contribution in [2.75, 3.05) is 28.4 Å². The molecular weight excluding hydrogens is 745 g/mol. The number of carbonyl (C=O) groups is 2. The predicted molar refractivity (Wildman–Crippen MR) is 194 cm³/mol. The number of rotatable bonds is 11. The summed E-state index contributed by atoms with van der Waals surface area (Å²) in [6.45, 7) is 0. The van der Waals surface area contributed by atoms with Crippen molar-refractivity contribution in [3.63, 3.8) is 0 Å². The Kier molecular flexibility index (Phi) is 10.8. The van der Waals surface area contributed by atoms with Gasteiger partial charge >= 0.3 is 11.9 Å². The molecule has 0 spiro atoms. The lowest BCUT2D eigenvalue weighted by atomic mass is 10.1. The zero-order chi connectivity index (χ0) is 38.7. The highest BCUT2D eigenvalue weighted by atomic mass is 35.5. The summed E-state index contributed by atoms with van der Waals surface area (Å²) >= 11 is 11.7. The highest BCUT2D eigenvalue weighted by molar-refractivity contribution is 6.34. The lowest BCUT2D eigenvalue weighted by molar-refractivity contribution is 0.0682. The number of para-hydroxylation sites is 2. The first-order valence-corrected chi connectivity index (χ1v) is 15.5. The summed E-state index contributed by atoms with van der Waals surface area (Å²) in [5, 5.41) is 38.1. The van der Waals surface area contributed by atoms with E-state index in [-0.39, 0.29) is 72.4 Å². The quantitative estimate of drug-likeness (QED) is 0.0574. The zero-order valence-electron chi connectivity index (χ0n) is 26.6. The highest BCUT2D eigenvalue weighted by Crippen LogP contribution is 2.36. The Morgan fingerprint density at radius 3 is 1.32 bits per heavy atom. The number of anilines is 8. The second-order valence-electron chi connectivity index (χ2n) is 10.7. The van der Waals surface area contributed by atoms with Gasteiger partial charge < -0.3 is 41.3 Å². The van der Waals surface area contributed by atoms with E-state index in [2.05, 4.69) is 21.3 Å². The fourth-order valence-electron chi connectivity index (χ4n) is 4.84. The maximum Gasteiger partial charge on any atom is 0.339 e. The number of ether oxygens (including phenoxy) is 1. The number of carboxylic acids is 2. The van der Waals surface area contributed by atoms with Gasteiger partial charge in [-0.05, 0) is 48.5 Å². The Balaban J connectivity index is 0.000000204. The number of nitrogens with one attached hydrogen (secondary N) is 4. The summed E-state index contributed by atoms with van der Waals surface area (Å²) in [7, 11) is 1.28. The number of phenols is 1. The third kappa shape index (κ3) is 7.35. The van der Waals surface area contributed by atoms with E-state index in [1.54, 1.807) is 0 Å². The van der Waals surface area contributed by atoms with Crippen LogP contribution in [0.1, 0.15) is 20.7 Å². The van der Waals surface area contributed by atoms with Crippen molar-refractivity contribution in [3.05, 3.63) is 146 Å². The Morgan fingerprint density at radius 2 is 0.906 bits per heavy atom. The van der Waals surface area contributed by atoms with Crippen molar-refractivity contribution in [1.82, 2.24) is 0 Å². The summed E-state index contributed by atoms with van der Waals surface area (Å²) in [6, 6.07) is 16.0. The minimum absolute atomic E-state index is 0.00668. The second kappa shape index (κ2) is 15.2. The molecule has 0 radical (unpaired) electrons. The fourth-order valence-corrected chi connectivity index (χ4v) is 5.19. The van der Waals surface area contributed by atoms with Crippen LogP contribution in [0.3, 0.4) is 0 Å². The van der Waals surface area contributed by atoms with Gasteiger partial charge in [0.1, 0.15) is 45.5 Å². The first kappa shape index (κ1) is 37.5. The van der Waals surface area contributed by atoms with E-state index in [0.717, 1.165) is 12.1 Å². The smallest absolute Gasteiger partial charge is 0.339 e. The van der Waals surface area contributed by atoms with Gasteiger partial charge in [0.15, 0.2) is 11.5 Å². The lowest BCUT2D eigenvalue weighted by Gasteiger charge is -2.18. The number of hydrogen-bond donors (Lipinski definition) is 7. The van der Waals surface area contributed by atoms with Crippen LogP contribution in [-0.2, 0) is 0 Å². The molecule has 14 nitrogen and oxygen atoms in total. The first-order chi connectivity index (χ1) is 25.2. The molecule has 6 rings (SSSR count).